The number of nitrogens with zero attached hydrogens (tertiary/aromatic N) is 5. The number of hydrogen-bond donors (Lipinski definition) is 2. The maximum absolute atomic E-state index is 13.9. The number of methoxy groups -OCH3 is 1. The second-order valence-electron chi connectivity index (χ2n) is 8.04. The number of pyridine rings is 1. The number of ether oxygens (including phenoxy) is 2. The lowest BCUT2D eigenvalue weighted by atomic mass is 9.97. The first-order valence-corrected chi connectivity index (χ1v) is 11.9. The summed E-state index contributed by atoms with van der Waals surface area (Å²) in [4.78, 5) is 3.49. The van der Waals surface area contributed by atoms with Crippen molar-refractivity contribution in [3.8, 4) is 17.3 Å². The Morgan fingerprint density at radius 1 is 1.26 bits per heavy atom. The van der Waals surface area contributed by atoms with Crippen molar-refractivity contribution in [1.29, 1.82) is 5.26 Å². The second kappa shape index (κ2) is 11.1. The van der Waals surface area contributed by atoms with Gasteiger partial charge in [0.05, 0.1) is 18.4 Å². The first-order chi connectivity index (χ1) is 18.0. The first kappa shape index (κ1) is 28.1. The van der Waals surface area contributed by atoms with Crippen molar-refractivity contribution in [1.82, 2.24) is 20.0 Å². The third-order valence-electron chi connectivity index (χ3n) is 5.70. The highest BCUT2D eigenvalue weighted by atomic mass is 35.5. The van der Waals surface area contributed by atoms with Crippen molar-refractivity contribution in [3.63, 3.8) is 0 Å². The van der Waals surface area contributed by atoms with Crippen molar-refractivity contribution < 1.29 is 41.6 Å². The van der Waals surface area contributed by atoms with E-state index in [1.807, 2.05) is 0 Å². The number of aliphatic hydroxyl groups excluding tert-OH is 2. The zero-order valence-corrected chi connectivity index (χ0v) is 20.7. The molecule has 0 aliphatic carbocycles. The van der Waals surface area contributed by atoms with Gasteiger partial charge in [-0.05, 0) is 18.2 Å². The van der Waals surface area contributed by atoms with E-state index >= 15 is 0 Å². The summed E-state index contributed by atoms with van der Waals surface area (Å²) in [6.45, 7) is -0.644. The summed E-state index contributed by atoms with van der Waals surface area (Å²) >= 11 is 6.38. The fourth-order valence-electron chi connectivity index (χ4n) is 3.92. The molecule has 16 heteroatoms. The highest BCUT2D eigenvalue weighted by Crippen LogP contribution is 2.41. The number of halogens is 6. The highest BCUT2D eigenvalue weighted by molar-refractivity contribution is 7.99. The number of aliphatic hydroxyl groups is 2. The molecule has 1 aromatic carbocycles. The predicted molar refractivity (Wildman–Crippen MR) is 122 cm³/mol. The van der Waals surface area contributed by atoms with E-state index in [0.29, 0.717) is 0 Å². The monoisotopic (exact) mass is 577 g/mol. The molecule has 1 fully saturated rings. The summed E-state index contributed by atoms with van der Waals surface area (Å²) in [5.41, 5.74) is -3.04. The van der Waals surface area contributed by atoms with Gasteiger partial charge in [0.2, 0.25) is 0 Å². The van der Waals surface area contributed by atoms with Gasteiger partial charge in [0.15, 0.2) is 5.69 Å². The Kier molecular flexibility index (Phi) is 8.21. The van der Waals surface area contributed by atoms with Gasteiger partial charge in [-0.15, -0.1) is 5.10 Å². The van der Waals surface area contributed by atoms with Crippen molar-refractivity contribution >= 4 is 23.4 Å². The summed E-state index contributed by atoms with van der Waals surface area (Å²) in [7, 11) is 1.29. The number of alkyl halides is 3. The zero-order valence-electron chi connectivity index (χ0n) is 19.1. The minimum Gasteiger partial charge on any atom is -0.394 e. The van der Waals surface area contributed by atoms with Crippen LogP contribution in [0.2, 0.25) is 5.02 Å². The number of benzene rings is 1. The van der Waals surface area contributed by atoms with Crippen molar-refractivity contribution in [2.24, 2.45) is 0 Å². The molecule has 1 aliphatic heterocycles. The Hall–Kier alpha value is -2.87. The van der Waals surface area contributed by atoms with E-state index in [4.69, 9.17) is 26.3 Å². The van der Waals surface area contributed by atoms with Crippen LogP contribution in [0.1, 0.15) is 17.3 Å². The molecule has 3 aromatic rings. The molecule has 0 radical (unpaired) electrons. The molecule has 2 aromatic heterocycles. The molecule has 5 atom stereocenters. The summed E-state index contributed by atoms with van der Waals surface area (Å²) in [6, 6.07) is 3.29. The van der Waals surface area contributed by atoms with Crippen LogP contribution >= 0.6 is 23.4 Å². The molecule has 38 heavy (non-hydrogen) atoms. The smallest absolute Gasteiger partial charge is 0.394 e. The molecule has 2 N–H and O–H groups in total. The lowest BCUT2D eigenvalue weighted by Crippen LogP contribution is -2.55. The van der Waals surface area contributed by atoms with Crippen LogP contribution in [0.5, 0.6) is 0 Å². The molecule has 9 nitrogen and oxygen atoms in total. The third kappa shape index (κ3) is 5.46. The molecule has 1 aliphatic rings. The molecule has 4 rings (SSSR count). The van der Waals surface area contributed by atoms with E-state index in [2.05, 4.69) is 15.3 Å². The van der Waals surface area contributed by atoms with Gasteiger partial charge in [0.25, 0.3) is 0 Å². The van der Waals surface area contributed by atoms with Gasteiger partial charge in [-0.2, -0.15) is 18.4 Å². The Morgan fingerprint density at radius 3 is 2.53 bits per heavy atom. The highest BCUT2D eigenvalue weighted by Gasteiger charge is 2.47. The van der Waals surface area contributed by atoms with E-state index < -0.39 is 70.5 Å². The van der Waals surface area contributed by atoms with Gasteiger partial charge in [-0.25, -0.2) is 18.4 Å². The second-order valence-corrected chi connectivity index (χ2v) is 9.59. The van der Waals surface area contributed by atoms with Gasteiger partial charge in [-0.1, -0.05) is 28.6 Å². The van der Waals surface area contributed by atoms with Crippen LogP contribution in [0.3, 0.4) is 0 Å². The van der Waals surface area contributed by atoms with Gasteiger partial charge >= 0.3 is 6.18 Å². The van der Waals surface area contributed by atoms with Crippen LogP contribution < -0.4 is 0 Å². The van der Waals surface area contributed by atoms with Gasteiger partial charge < -0.3 is 19.7 Å². The molecular formula is C22H17ClF5N5O4S. The molecule has 2 unspecified atom stereocenters. The molecule has 3 heterocycles. The molecule has 0 bridgehead atoms. The summed E-state index contributed by atoms with van der Waals surface area (Å²) < 4.78 is 79.7. The molecule has 0 saturated carbocycles. The zero-order chi connectivity index (χ0) is 27.8. The van der Waals surface area contributed by atoms with Gasteiger partial charge in [0.1, 0.15) is 58.2 Å². The molecule has 202 valence electrons. The Balaban J connectivity index is 1.67. The number of rotatable bonds is 6. The summed E-state index contributed by atoms with van der Waals surface area (Å²) in [6.07, 6.45) is -6.25. The van der Waals surface area contributed by atoms with E-state index in [0.717, 1.165) is 36.2 Å². The first-order valence-electron chi connectivity index (χ1n) is 10.7. The van der Waals surface area contributed by atoms with E-state index in [9.17, 15) is 32.2 Å². The standard InChI is InChI=1S/C22H17ClF5N5O4S/c1-36-19-17(33-7-14(31-32-33)9-3-12(24)16(23)13(25)4-9)18(35)15(8-34)37-21(19)38-11-2-10(5-29)20(30-6-11)22(26,27)28/h2-4,6-7,15,17-19,21,34-35H,8H2,1H3/t15?,17-,18-,19?,21+/m0/s1. The fourth-order valence-corrected chi connectivity index (χ4v) is 5.20. The quantitative estimate of drug-likeness (QED) is 0.334. The average Bonchev–Trinajstić information content (AvgIpc) is 3.36. The largest absolute Gasteiger partial charge is 0.434 e. The maximum atomic E-state index is 13.9. The van der Waals surface area contributed by atoms with Crippen LogP contribution in [0.25, 0.3) is 11.3 Å². The molecule has 1 saturated heterocycles. The van der Waals surface area contributed by atoms with Crippen LogP contribution in [0, 0.1) is 23.0 Å². The molecular weight excluding hydrogens is 561 g/mol. The minimum atomic E-state index is -4.83. The summed E-state index contributed by atoms with van der Waals surface area (Å²) in [5, 5.41) is 37.0. The number of hydrogen-bond acceptors (Lipinski definition) is 9. The predicted octanol–water partition coefficient (Wildman–Crippen LogP) is 3.59. The van der Waals surface area contributed by atoms with Crippen LogP contribution in [-0.2, 0) is 15.7 Å². The lowest BCUT2D eigenvalue weighted by molar-refractivity contribution is -0.186. The minimum absolute atomic E-state index is 0.00987. The third-order valence-corrected chi connectivity index (χ3v) is 7.16. The SMILES string of the molecule is COC1[C@@H](Sc2cnc(C(F)(F)F)c(C#N)c2)OC(CO)[C@H](O)[C@@H]1n1cc(-c2cc(F)c(Cl)c(F)c2)nn1. The average molecular weight is 578 g/mol. The van der Waals surface area contributed by atoms with E-state index in [1.54, 1.807) is 0 Å². The molecule has 0 spiro atoms. The molecule has 0 amide bonds. The van der Waals surface area contributed by atoms with Gasteiger partial charge in [-0.3, -0.25) is 0 Å². The fraction of sp³-hybridized carbons (Fsp3) is 0.364. The lowest BCUT2D eigenvalue weighted by Gasteiger charge is -2.43. The normalized spacial score (nSPS) is 23.8. The van der Waals surface area contributed by atoms with E-state index in [-0.39, 0.29) is 16.2 Å². The van der Waals surface area contributed by atoms with Crippen molar-refractivity contribution in [3.05, 3.63) is 58.5 Å². The number of nitriles is 1. The summed E-state index contributed by atoms with van der Waals surface area (Å²) in [5.74, 6) is -2.04. The Bertz CT molecular complexity index is 1350. The topological polar surface area (TPSA) is 126 Å². The van der Waals surface area contributed by atoms with Crippen LogP contribution in [-0.4, -0.2) is 67.7 Å². The van der Waals surface area contributed by atoms with Crippen molar-refractivity contribution in [2.75, 3.05) is 13.7 Å². The Labute approximate surface area is 220 Å². The number of aromatic nitrogens is 4. The number of thioether (sulfide) groups is 1. The van der Waals surface area contributed by atoms with Crippen LogP contribution in [0.15, 0.2) is 35.5 Å². The Morgan fingerprint density at radius 2 is 1.95 bits per heavy atom. The van der Waals surface area contributed by atoms with E-state index in [1.165, 1.54) is 24.1 Å². The van der Waals surface area contributed by atoms with Gasteiger partial charge in [0, 0.05) is 23.8 Å². The van der Waals surface area contributed by atoms with Crippen LogP contribution in [0.4, 0.5) is 22.0 Å². The maximum Gasteiger partial charge on any atom is 0.434 e. The van der Waals surface area contributed by atoms with Crippen molar-refractivity contribution in [2.45, 2.75) is 40.9 Å².